The van der Waals surface area contributed by atoms with E-state index in [-0.39, 0.29) is 31.5 Å². The van der Waals surface area contributed by atoms with E-state index in [2.05, 4.69) is 21.3 Å². The molecular formula is C38H47F2N7O8. The normalized spacial score (nSPS) is 25.8. The van der Waals surface area contributed by atoms with Gasteiger partial charge in [0.2, 0.25) is 29.5 Å². The number of cyclic esters (lactones) is 1. The van der Waals surface area contributed by atoms with Gasteiger partial charge >= 0.3 is 12.0 Å². The summed E-state index contributed by atoms with van der Waals surface area (Å²) in [4.78, 5) is 99.7. The number of esters is 1. The van der Waals surface area contributed by atoms with Crippen LogP contribution in [0.1, 0.15) is 57.6 Å². The van der Waals surface area contributed by atoms with Crippen LogP contribution in [0.3, 0.4) is 0 Å². The van der Waals surface area contributed by atoms with Crippen molar-refractivity contribution in [3.63, 3.8) is 0 Å². The summed E-state index contributed by atoms with van der Waals surface area (Å²) in [5.74, 6) is -6.13. The molecule has 3 aliphatic rings. The van der Waals surface area contributed by atoms with Crippen LogP contribution in [0.5, 0.6) is 0 Å². The van der Waals surface area contributed by atoms with Gasteiger partial charge < -0.3 is 40.7 Å². The first-order chi connectivity index (χ1) is 26.0. The number of carbonyl (C=O) groups is 7. The average Bonchev–Trinajstić information content (AvgIpc) is 3.83. The molecule has 2 aromatic carbocycles. The second-order valence-corrected chi connectivity index (χ2v) is 14.4. The Bertz CT molecular complexity index is 1810. The predicted molar refractivity (Wildman–Crippen MR) is 194 cm³/mol. The van der Waals surface area contributed by atoms with Crippen LogP contribution in [0.15, 0.2) is 42.5 Å². The molecule has 3 fully saturated rings. The Kier molecular flexibility index (Phi) is 12.7. The summed E-state index contributed by atoms with van der Waals surface area (Å²) in [5.41, 5.74) is 1.34. The summed E-state index contributed by atoms with van der Waals surface area (Å²) in [7, 11) is 1.41. The first-order valence-electron chi connectivity index (χ1n) is 18.3. The van der Waals surface area contributed by atoms with Crippen LogP contribution in [-0.2, 0) is 39.9 Å². The number of likely N-dealkylation sites (N-methyl/N-ethyl adjacent to an activating group) is 1. The van der Waals surface area contributed by atoms with Crippen LogP contribution in [0.4, 0.5) is 19.3 Å². The number of hydrogen-bond acceptors (Lipinski definition) is 8. The molecule has 2 aromatic rings. The molecule has 17 heteroatoms. The number of halogens is 2. The van der Waals surface area contributed by atoms with Gasteiger partial charge in [0.25, 0.3) is 0 Å². The number of ether oxygens (including phenoxy) is 1. The van der Waals surface area contributed by atoms with Gasteiger partial charge in [0.1, 0.15) is 54.0 Å². The minimum absolute atomic E-state index is 0.0173. The van der Waals surface area contributed by atoms with Crippen LogP contribution in [0.25, 0.3) is 0 Å². The Morgan fingerprint density at radius 1 is 0.873 bits per heavy atom. The van der Waals surface area contributed by atoms with E-state index in [0.29, 0.717) is 24.6 Å². The maximum atomic E-state index is 14.5. The third-order valence-electron chi connectivity index (χ3n) is 10.3. The molecule has 0 saturated carbocycles. The van der Waals surface area contributed by atoms with E-state index < -0.39 is 102 Å². The van der Waals surface area contributed by atoms with Crippen molar-refractivity contribution in [2.24, 2.45) is 0 Å². The van der Waals surface area contributed by atoms with Gasteiger partial charge in [-0.1, -0.05) is 17.7 Å². The van der Waals surface area contributed by atoms with Crippen molar-refractivity contribution in [2.75, 3.05) is 25.5 Å². The van der Waals surface area contributed by atoms with E-state index in [9.17, 15) is 42.3 Å². The highest BCUT2D eigenvalue weighted by Gasteiger charge is 2.45. The lowest BCUT2D eigenvalue weighted by atomic mass is 10.0. The summed E-state index contributed by atoms with van der Waals surface area (Å²) in [5, 5.41) is 10.3. The highest BCUT2D eigenvalue weighted by Crippen LogP contribution is 2.25. The highest BCUT2D eigenvalue weighted by atomic mass is 19.1. The fourth-order valence-corrected chi connectivity index (χ4v) is 7.09. The lowest BCUT2D eigenvalue weighted by Crippen LogP contribution is -2.62. The number of hydrogen-bond donors (Lipinski definition) is 4. The number of carbonyl (C=O) groups excluding carboxylic acids is 7. The predicted octanol–water partition coefficient (Wildman–Crippen LogP) is 1.77. The van der Waals surface area contributed by atoms with Crippen LogP contribution >= 0.6 is 0 Å². The number of nitrogens with zero attached hydrogens (tertiary/aromatic N) is 3. The zero-order valence-electron chi connectivity index (χ0n) is 31.4. The molecule has 5 rings (SSSR count). The lowest BCUT2D eigenvalue weighted by Gasteiger charge is -2.36. The summed E-state index contributed by atoms with van der Waals surface area (Å²) in [6.45, 7) is 6.51. The van der Waals surface area contributed by atoms with Gasteiger partial charge in [0.05, 0.1) is 0 Å². The number of nitrogens with one attached hydrogen (secondary N) is 4. The van der Waals surface area contributed by atoms with E-state index in [1.54, 1.807) is 24.3 Å². The molecule has 3 saturated heterocycles. The molecule has 55 heavy (non-hydrogen) atoms. The standard InChI is InChI=1S/C38H47F2N7O8/c1-20-10-12-27(13-11-20)42-38(54)43-28(18-24-16-25(39)19-26(40)17-24)33(49)44-31-23(4)55-37(53)30-9-7-15-47(30)34(50)21(2)41-32(48)22(3)45(5)35(51)29-8-6-14-46(29)36(31)52/h10-13,16-17,19,21-23,28-31H,6-9,14-15,18H2,1-5H3,(H,41,48)(H,44,49)(H2,42,43,54)/t21-,22-,23-,28-,29?,30?,31-/m0/s1. The molecule has 15 nitrogen and oxygen atoms in total. The fourth-order valence-electron chi connectivity index (χ4n) is 7.09. The Balaban J connectivity index is 1.48. The molecule has 2 unspecified atom stereocenters. The van der Waals surface area contributed by atoms with Gasteiger partial charge in [-0.15, -0.1) is 0 Å². The number of rotatable bonds is 6. The second-order valence-electron chi connectivity index (χ2n) is 14.4. The van der Waals surface area contributed by atoms with Crippen molar-refractivity contribution in [3.05, 3.63) is 65.2 Å². The summed E-state index contributed by atoms with van der Waals surface area (Å²) >= 11 is 0. The fraction of sp³-hybridized carbons (Fsp3) is 0.500. The Morgan fingerprint density at radius 3 is 2.11 bits per heavy atom. The number of amides is 7. The average molecular weight is 768 g/mol. The van der Waals surface area contributed by atoms with Crippen molar-refractivity contribution in [1.82, 2.24) is 30.7 Å². The van der Waals surface area contributed by atoms with Crippen molar-refractivity contribution >= 4 is 47.2 Å². The zero-order valence-corrected chi connectivity index (χ0v) is 31.4. The number of urea groups is 1. The maximum absolute atomic E-state index is 14.5. The molecule has 7 amide bonds. The molecule has 0 aliphatic carbocycles. The topological polar surface area (TPSA) is 187 Å². The first kappa shape index (κ1) is 40.6. The quantitative estimate of drug-likeness (QED) is 0.321. The van der Waals surface area contributed by atoms with Crippen LogP contribution in [0.2, 0.25) is 0 Å². The first-order valence-corrected chi connectivity index (χ1v) is 18.3. The van der Waals surface area contributed by atoms with E-state index >= 15 is 0 Å². The minimum Gasteiger partial charge on any atom is -0.458 e. The van der Waals surface area contributed by atoms with Crippen LogP contribution in [-0.4, -0.2) is 119 Å². The molecular weight excluding hydrogens is 720 g/mol. The number of fused-ring (bicyclic) bond motifs is 2. The van der Waals surface area contributed by atoms with Crippen molar-refractivity contribution in [1.29, 1.82) is 0 Å². The van der Waals surface area contributed by atoms with E-state index in [1.807, 2.05) is 6.92 Å². The Labute approximate surface area is 317 Å². The molecule has 296 valence electrons. The van der Waals surface area contributed by atoms with Crippen molar-refractivity contribution in [2.45, 2.75) is 102 Å². The Morgan fingerprint density at radius 2 is 1.47 bits per heavy atom. The number of anilines is 1. The zero-order chi connectivity index (χ0) is 40.1. The second kappa shape index (κ2) is 17.2. The van der Waals surface area contributed by atoms with E-state index in [0.717, 1.165) is 17.7 Å². The number of benzene rings is 2. The largest absolute Gasteiger partial charge is 0.458 e. The SMILES string of the molecule is Cc1ccc(NC(=O)N[C@@H](Cc2cc(F)cc(F)c2)C(=O)N[C@@H]2C(=O)N3CCCC3C(=O)N(C)[C@@H](C)C(=O)N[C@@H](C)C(=O)N3CCCC3C(=O)O[C@H]2C)cc1. The van der Waals surface area contributed by atoms with E-state index in [1.165, 1.54) is 42.5 Å². The molecule has 0 radical (unpaired) electrons. The summed E-state index contributed by atoms with van der Waals surface area (Å²) in [6.07, 6.45) is -0.434. The van der Waals surface area contributed by atoms with Gasteiger partial charge in [-0.2, -0.15) is 0 Å². The maximum Gasteiger partial charge on any atom is 0.329 e. The van der Waals surface area contributed by atoms with Crippen LogP contribution in [0, 0.1) is 18.6 Å². The third-order valence-corrected chi connectivity index (χ3v) is 10.3. The molecule has 7 atom stereocenters. The number of aryl methyl sites for hydroxylation is 1. The molecule has 4 N–H and O–H groups in total. The summed E-state index contributed by atoms with van der Waals surface area (Å²) < 4.78 is 34.3. The highest BCUT2D eigenvalue weighted by molar-refractivity contribution is 5.98. The molecule has 0 bridgehead atoms. The third kappa shape index (κ3) is 9.56. The van der Waals surface area contributed by atoms with Gasteiger partial charge in [-0.05, 0) is 83.2 Å². The molecule has 3 aliphatic heterocycles. The van der Waals surface area contributed by atoms with Crippen molar-refractivity contribution in [3.8, 4) is 0 Å². The monoisotopic (exact) mass is 767 g/mol. The van der Waals surface area contributed by atoms with Gasteiger partial charge in [-0.3, -0.25) is 24.0 Å². The van der Waals surface area contributed by atoms with Crippen molar-refractivity contribution < 1.29 is 47.1 Å². The van der Waals surface area contributed by atoms with Gasteiger partial charge in [0, 0.05) is 38.3 Å². The van der Waals surface area contributed by atoms with Crippen LogP contribution < -0.4 is 21.3 Å². The van der Waals surface area contributed by atoms with Gasteiger partial charge in [0.15, 0.2) is 0 Å². The molecule has 3 heterocycles. The van der Waals surface area contributed by atoms with E-state index in [4.69, 9.17) is 4.74 Å². The van der Waals surface area contributed by atoms with Gasteiger partial charge in [-0.25, -0.2) is 18.4 Å². The summed E-state index contributed by atoms with van der Waals surface area (Å²) in [6, 6.07) is 1.30. The molecule has 0 aromatic heterocycles. The smallest absolute Gasteiger partial charge is 0.329 e. The Hall–Kier alpha value is -5.61. The molecule has 0 spiro atoms. The minimum atomic E-state index is -1.62. The lowest BCUT2D eigenvalue weighted by molar-refractivity contribution is -0.162.